The summed E-state index contributed by atoms with van der Waals surface area (Å²) in [5.41, 5.74) is 6.91. The number of Topliss-reactive ketones (excluding diaryl/α,β-unsaturated/α-hetero) is 1. The third-order valence-electron chi connectivity index (χ3n) is 3.80. The fraction of sp³-hybridized carbons (Fsp3) is 0.571. The number of pyridine rings is 1. The predicted molar refractivity (Wildman–Crippen MR) is 70.3 cm³/mol. The summed E-state index contributed by atoms with van der Waals surface area (Å²) < 4.78 is 0. The summed E-state index contributed by atoms with van der Waals surface area (Å²) in [5.74, 6) is 0.0186. The minimum Gasteiger partial charge on any atom is -0.385 e. The number of nitrogens with two attached hydrogens (primary N) is 1. The first-order valence-corrected chi connectivity index (χ1v) is 6.54. The van der Waals surface area contributed by atoms with Gasteiger partial charge in [0.05, 0.1) is 5.56 Å². The molecule has 1 atom stereocenters. The second kappa shape index (κ2) is 5.48. The zero-order valence-electron chi connectivity index (χ0n) is 10.7. The predicted octanol–water partition coefficient (Wildman–Crippen LogP) is 2.10. The van der Waals surface area contributed by atoms with Crippen molar-refractivity contribution in [2.24, 2.45) is 5.92 Å². The van der Waals surface area contributed by atoms with Crippen LogP contribution in [0.5, 0.6) is 0 Å². The van der Waals surface area contributed by atoms with Crippen molar-refractivity contribution < 1.29 is 9.90 Å². The van der Waals surface area contributed by atoms with Gasteiger partial charge in [-0.3, -0.25) is 4.79 Å². The van der Waals surface area contributed by atoms with Gasteiger partial charge < -0.3 is 10.8 Å². The number of aliphatic hydroxyl groups is 1. The van der Waals surface area contributed by atoms with Crippen LogP contribution in [0.15, 0.2) is 12.3 Å². The number of anilines is 1. The van der Waals surface area contributed by atoms with Gasteiger partial charge in [0.2, 0.25) is 0 Å². The average molecular weight is 248 g/mol. The Labute approximate surface area is 107 Å². The summed E-state index contributed by atoms with van der Waals surface area (Å²) in [5, 5.41) is 10.2. The number of aliphatic hydroxyl groups excluding tert-OH is 1. The number of hydrogen-bond donors (Lipinski definition) is 2. The van der Waals surface area contributed by atoms with Gasteiger partial charge in [0.25, 0.3) is 0 Å². The van der Waals surface area contributed by atoms with E-state index < -0.39 is 6.10 Å². The lowest BCUT2D eigenvalue weighted by Gasteiger charge is -2.26. The fourth-order valence-electron chi connectivity index (χ4n) is 2.71. The lowest BCUT2D eigenvalue weighted by atomic mass is 9.82. The van der Waals surface area contributed by atoms with E-state index in [0.29, 0.717) is 5.56 Å². The van der Waals surface area contributed by atoms with E-state index in [2.05, 4.69) is 4.98 Å². The van der Waals surface area contributed by atoms with Crippen LogP contribution >= 0.6 is 0 Å². The number of hydrogen-bond acceptors (Lipinski definition) is 4. The smallest absolute Gasteiger partial charge is 0.195 e. The van der Waals surface area contributed by atoms with Crippen molar-refractivity contribution in [2.45, 2.75) is 45.1 Å². The van der Waals surface area contributed by atoms with Crippen LogP contribution in [-0.2, 0) is 0 Å². The standard InChI is InChI=1S/C14H20N2O2/c1-9-7-8-16-14(15)11(9)13(18)12(17)10-5-3-2-4-6-10/h7-8,10,12,17H,2-6H2,1H3,(H2,15,16). The molecule has 3 N–H and O–H groups in total. The summed E-state index contributed by atoms with van der Waals surface area (Å²) in [6.45, 7) is 1.82. The van der Waals surface area contributed by atoms with Gasteiger partial charge >= 0.3 is 0 Å². The molecule has 2 rings (SSSR count). The van der Waals surface area contributed by atoms with Gasteiger partial charge in [-0.15, -0.1) is 0 Å². The Hall–Kier alpha value is -1.42. The second-order valence-corrected chi connectivity index (χ2v) is 5.10. The van der Waals surface area contributed by atoms with Crippen LogP contribution < -0.4 is 5.73 Å². The molecule has 0 radical (unpaired) electrons. The van der Waals surface area contributed by atoms with Crippen molar-refractivity contribution in [3.8, 4) is 0 Å². The highest BCUT2D eigenvalue weighted by atomic mass is 16.3. The van der Waals surface area contributed by atoms with E-state index in [1.807, 2.05) is 6.92 Å². The number of carbonyl (C=O) groups excluding carboxylic acids is 1. The van der Waals surface area contributed by atoms with E-state index in [1.54, 1.807) is 12.3 Å². The van der Waals surface area contributed by atoms with E-state index in [4.69, 9.17) is 5.73 Å². The molecule has 1 heterocycles. The summed E-state index contributed by atoms with van der Waals surface area (Å²) >= 11 is 0. The van der Waals surface area contributed by atoms with Crippen molar-refractivity contribution in [3.63, 3.8) is 0 Å². The molecule has 98 valence electrons. The first kappa shape index (κ1) is 13.0. The Morgan fingerprint density at radius 3 is 2.72 bits per heavy atom. The highest BCUT2D eigenvalue weighted by Crippen LogP contribution is 2.29. The maximum absolute atomic E-state index is 12.3. The van der Waals surface area contributed by atoms with Crippen molar-refractivity contribution in [3.05, 3.63) is 23.4 Å². The molecule has 1 aliphatic rings. The highest BCUT2D eigenvalue weighted by molar-refractivity contribution is 6.04. The number of ketones is 1. The first-order chi connectivity index (χ1) is 8.61. The Bertz CT molecular complexity index is 419. The molecule has 0 amide bonds. The molecule has 0 saturated heterocycles. The van der Waals surface area contributed by atoms with Crippen LogP contribution in [0.4, 0.5) is 5.82 Å². The van der Waals surface area contributed by atoms with Crippen LogP contribution in [0.25, 0.3) is 0 Å². The SMILES string of the molecule is Cc1ccnc(N)c1C(=O)C(O)C1CCCCC1. The molecule has 0 bridgehead atoms. The summed E-state index contributed by atoms with van der Waals surface area (Å²) in [7, 11) is 0. The first-order valence-electron chi connectivity index (χ1n) is 6.54. The number of aryl methyl sites for hydroxylation is 1. The van der Waals surface area contributed by atoms with Crippen LogP contribution in [0.3, 0.4) is 0 Å². The van der Waals surface area contributed by atoms with Crippen LogP contribution in [0, 0.1) is 12.8 Å². The minimum atomic E-state index is -0.935. The number of rotatable bonds is 3. The maximum Gasteiger partial charge on any atom is 0.195 e. The van der Waals surface area contributed by atoms with E-state index in [-0.39, 0.29) is 17.5 Å². The van der Waals surface area contributed by atoms with Crippen molar-refractivity contribution in [2.75, 3.05) is 5.73 Å². The maximum atomic E-state index is 12.3. The molecule has 0 aliphatic heterocycles. The monoisotopic (exact) mass is 248 g/mol. The highest BCUT2D eigenvalue weighted by Gasteiger charge is 2.30. The van der Waals surface area contributed by atoms with E-state index in [1.165, 1.54) is 6.42 Å². The molecule has 0 spiro atoms. The van der Waals surface area contributed by atoms with Gasteiger partial charge in [-0.1, -0.05) is 19.3 Å². The van der Waals surface area contributed by atoms with Crippen molar-refractivity contribution in [1.29, 1.82) is 0 Å². The normalized spacial score (nSPS) is 18.6. The molecule has 1 saturated carbocycles. The minimum absolute atomic E-state index is 0.0743. The molecule has 0 aromatic carbocycles. The molecule has 1 aromatic rings. The molecule has 1 fully saturated rings. The Kier molecular flexibility index (Phi) is 3.97. The molecule has 1 aromatic heterocycles. The van der Waals surface area contributed by atoms with Crippen LogP contribution in [0.2, 0.25) is 0 Å². The summed E-state index contributed by atoms with van der Waals surface area (Å²) in [6, 6.07) is 1.75. The molecular weight excluding hydrogens is 228 g/mol. The molecule has 1 unspecified atom stereocenters. The lowest BCUT2D eigenvalue weighted by Crippen LogP contribution is -2.32. The fourth-order valence-corrected chi connectivity index (χ4v) is 2.71. The zero-order valence-corrected chi connectivity index (χ0v) is 10.7. The number of aromatic nitrogens is 1. The van der Waals surface area contributed by atoms with Gasteiger partial charge in [-0.25, -0.2) is 4.98 Å². The lowest BCUT2D eigenvalue weighted by molar-refractivity contribution is 0.0534. The van der Waals surface area contributed by atoms with E-state index in [9.17, 15) is 9.90 Å². The topological polar surface area (TPSA) is 76.2 Å². The van der Waals surface area contributed by atoms with Gasteiger partial charge in [-0.05, 0) is 37.3 Å². The quantitative estimate of drug-likeness (QED) is 0.803. The van der Waals surface area contributed by atoms with E-state index in [0.717, 1.165) is 31.2 Å². The zero-order chi connectivity index (χ0) is 13.1. The van der Waals surface area contributed by atoms with Crippen LogP contribution in [0.1, 0.15) is 48.0 Å². The largest absolute Gasteiger partial charge is 0.385 e. The molecule has 4 nitrogen and oxygen atoms in total. The van der Waals surface area contributed by atoms with E-state index >= 15 is 0 Å². The molecule has 4 heteroatoms. The Morgan fingerprint density at radius 1 is 1.44 bits per heavy atom. The third-order valence-corrected chi connectivity index (χ3v) is 3.80. The Balaban J connectivity index is 2.19. The second-order valence-electron chi connectivity index (χ2n) is 5.10. The third kappa shape index (κ3) is 2.53. The number of nitrogen functional groups attached to an aromatic ring is 1. The van der Waals surface area contributed by atoms with Gasteiger partial charge in [0, 0.05) is 6.20 Å². The van der Waals surface area contributed by atoms with Gasteiger partial charge in [0.15, 0.2) is 5.78 Å². The summed E-state index contributed by atoms with van der Waals surface area (Å²) in [4.78, 5) is 16.2. The Morgan fingerprint density at radius 2 is 2.11 bits per heavy atom. The molecule has 18 heavy (non-hydrogen) atoms. The van der Waals surface area contributed by atoms with Crippen molar-refractivity contribution >= 4 is 11.6 Å². The summed E-state index contributed by atoms with van der Waals surface area (Å²) in [6.07, 6.45) is 5.88. The molecular formula is C14H20N2O2. The van der Waals surface area contributed by atoms with Crippen molar-refractivity contribution in [1.82, 2.24) is 4.98 Å². The van der Waals surface area contributed by atoms with Crippen LogP contribution in [-0.4, -0.2) is 22.0 Å². The van der Waals surface area contributed by atoms with Gasteiger partial charge in [-0.2, -0.15) is 0 Å². The number of nitrogens with zero attached hydrogens (tertiary/aromatic N) is 1. The number of carbonyl (C=O) groups is 1. The van der Waals surface area contributed by atoms with Gasteiger partial charge in [0.1, 0.15) is 11.9 Å². The average Bonchev–Trinajstić information content (AvgIpc) is 2.38. The molecule has 1 aliphatic carbocycles.